The lowest BCUT2D eigenvalue weighted by Crippen LogP contribution is -2.29. The molecule has 2 aromatic carbocycles. The van der Waals surface area contributed by atoms with E-state index < -0.39 is 10.0 Å². The molecule has 9 nitrogen and oxygen atoms in total. The summed E-state index contributed by atoms with van der Waals surface area (Å²) in [5.74, 6) is 2.09. The van der Waals surface area contributed by atoms with Gasteiger partial charge in [0.05, 0.1) is 10.6 Å². The molecule has 0 fully saturated rings. The molecule has 1 aliphatic heterocycles. The maximum atomic E-state index is 12.2. The van der Waals surface area contributed by atoms with Crippen molar-refractivity contribution in [2.45, 2.75) is 11.3 Å². The van der Waals surface area contributed by atoms with Crippen LogP contribution in [0.5, 0.6) is 11.5 Å². The number of aromatic nitrogens is 3. The molecule has 0 saturated carbocycles. The van der Waals surface area contributed by atoms with Gasteiger partial charge in [0.1, 0.15) is 13.2 Å². The van der Waals surface area contributed by atoms with Gasteiger partial charge < -0.3 is 15.2 Å². The minimum atomic E-state index is -3.56. The number of hydrogen-bond acceptors (Lipinski definition) is 7. The summed E-state index contributed by atoms with van der Waals surface area (Å²) in [5.41, 5.74) is 8.84. The zero-order valence-electron chi connectivity index (χ0n) is 17.8. The van der Waals surface area contributed by atoms with Gasteiger partial charge in [-0.15, -0.1) is 0 Å². The van der Waals surface area contributed by atoms with Crippen molar-refractivity contribution in [3.8, 4) is 22.8 Å². The van der Waals surface area contributed by atoms with Gasteiger partial charge >= 0.3 is 0 Å². The number of nitrogens with one attached hydrogen (secondary N) is 1. The van der Waals surface area contributed by atoms with Gasteiger partial charge in [-0.1, -0.05) is 18.2 Å². The molecule has 0 unspecified atom stereocenters. The number of sulfonamides is 1. The number of pyridine rings is 1. The molecule has 5 rings (SSSR count). The normalized spacial score (nSPS) is 13.4. The molecule has 0 atom stereocenters. The van der Waals surface area contributed by atoms with Crippen molar-refractivity contribution in [1.82, 2.24) is 19.3 Å². The van der Waals surface area contributed by atoms with Crippen LogP contribution in [0, 0.1) is 0 Å². The first-order valence-corrected chi connectivity index (χ1v) is 12.1. The second-order valence-electron chi connectivity index (χ2n) is 7.57. The highest BCUT2D eigenvalue weighted by atomic mass is 32.2. The summed E-state index contributed by atoms with van der Waals surface area (Å²) in [6.07, 6.45) is 0.471. The monoisotopic (exact) mass is 465 g/mol. The van der Waals surface area contributed by atoms with E-state index in [0.29, 0.717) is 31.2 Å². The summed E-state index contributed by atoms with van der Waals surface area (Å²) in [4.78, 5) is 4.84. The number of fused-ring (bicyclic) bond motifs is 2. The highest BCUT2D eigenvalue weighted by Crippen LogP contribution is 2.34. The minimum absolute atomic E-state index is 0.195. The van der Waals surface area contributed by atoms with Gasteiger partial charge in [0.15, 0.2) is 23.0 Å². The molecular weight excluding hydrogens is 442 g/mol. The Bertz CT molecular complexity index is 1400. The molecule has 3 heterocycles. The van der Waals surface area contributed by atoms with Crippen LogP contribution in [0.3, 0.4) is 0 Å². The van der Waals surface area contributed by atoms with Crippen LogP contribution in [0.25, 0.3) is 16.9 Å². The topological polar surface area (TPSA) is 121 Å². The number of hydrogen-bond donors (Lipinski definition) is 2. The molecule has 0 radical (unpaired) electrons. The lowest BCUT2D eigenvalue weighted by atomic mass is 10.1. The molecule has 0 saturated heterocycles. The largest absolute Gasteiger partial charge is 0.486 e. The van der Waals surface area contributed by atoms with Gasteiger partial charge in [-0.3, -0.25) is 0 Å². The fraction of sp³-hybridized carbons (Fsp3) is 0.217. The van der Waals surface area contributed by atoms with Crippen LogP contribution in [0.4, 0.5) is 0 Å². The third-order valence-corrected chi connectivity index (χ3v) is 6.75. The molecule has 10 heteroatoms. The van der Waals surface area contributed by atoms with Crippen LogP contribution >= 0.6 is 0 Å². The second-order valence-corrected chi connectivity index (χ2v) is 9.34. The first-order valence-electron chi connectivity index (χ1n) is 10.6. The standard InChI is InChI=1S/C23H23N5O4S/c24-10-11-25-33(29,30)18-7-4-16(5-8-18)14-22-26-23-3-1-2-19(28(23)27-22)17-6-9-20-21(15-17)32-13-12-31-20/h1-9,15,25H,10-14,24H2. The first-order chi connectivity index (χ1) is 16.0. The molecule has 0 aliphatic carbocycles. The number of nitrogens with zero attached hydrogens (tertiary/aromatic N) is 3. The Morgan fingerprint density at radius 2 is 1.79 bits per heavy atom. The van der Waals surface area contributed by atoms with Crippen molar-refractivity contribution in [3.05, 3.63) is 72.1 Å². The smallest absolute Gasteiger partial charge is 0.240 e. The van der Waals surface area contributed by atoms with Crippen molar-refractivity contribution >= 4 is 15.7 Å². The van der Waals surface area contributed by atoms with Gasteiger partial charge in [-0.05, 0) is 48.0 Å². The van der Waals surface area contributed by atoms with Gasteiger partial charge in [-0.2, -0.15) is 5.10 Å². The number of nitrogens with two attached hydrogens (primary N) is 1. The van der Waals surface area contributed by atoms with E-state index in [1.54, 1.807) is 28.8 Å². The van der Waals surface area contributed by atoms with Gasteiger partial charge in [0.2, 0.25) is 10.0 Å². The summed E-state index contributed by atoms with van der Waals surface area (Å²) >= 11 is 0. The predicted molar refractivity (Wildman–Crippen MR) is 123 cm³/mol. The fourth-order valence-corrected chi connectivity index (χ4v) is 4.74. The average molecular weight is 466 g/mol. The van der Waals surface area contributed by atoms with Crippen molar-refractivity contribution in [2.24, 2.45) is 5.73 Å². The molecule has 0 bridgehead atoms. The zero-order valence-corrected chi connectivity index (χ0v) is 18.6. The van der Waals surface area contributed by atoms with Crippen molar-refractivity contribution in [3.63, 3.8) is 0 Å². The molecule has 33 heavy (non-hydrogen) atoms. The SMILES string of the molecule is NCCNS(=O)(=O)c1ccc(Cc2nc3cccc(-c4ccc5c(c4)OCCO5)n3n2)cc1. The van der Waals surface area contributed by atoms with E-state index in [9.17, 15) is 8.42 Å². The Hall–Kier alpha value is -3.47. The van der Waals surface area contributed by atoms with Crippen molar-refractivity contribution in [2.75, 3.05) is 26.3 Å². The van der Waals surface area contributed by atoms with Crippen LogP contribution < -0.4 is 19.9 Å². The van der Waals surface area contributed by atoms with Gasteiger partial charge in [0.25, 0.3) is 0 Å². The predicted octanol–water partition coefficient (Wildman–Crippen LogP) is 2.00. The molecule has 4 aromatic rings. The maximum Gasteiger partial charge on any atom is 0.240 e. The second kappa shape index (κ2) is 8.81. The summed E-state index contributed by atoms with van der Waals surface area (Å²) in [6.45, 7) is 1.51. The van der Waals surface area contributed by atoms with E-state index in [2.05, 4.69) is 9.71 Å². The van der Waals surface area contributed by atoms with E-state index in [4.69, 9.17) is 20.3 Å². The Kier molecular flexibility index (Phi) is 5.71. The third kappa shape index (κ3) is 4.40. The quantitative estimate of drug-likeness (QED) is 0.428. The lowest BCUT2D eigenvalue weighted by Gasteiger charge is -2.19. The number of rotatable bonds is 7. The molecule has 3 N–H and O–H groups in total. The van der Waals surface area contributed by atoms with Crippen LogP contribution in [0.15, 0.2) is 65.6 Å². The van der Waals surface area contributed by atoms with Crippen LogP contribution in [-0.4, -0.2) is 49.3 Å². The Morgan fingerprint density at radius 1 is 1.00 bits per heavy atom. The summed E-state index contributed by atoms with van der Waals surface area (Å²) < 4.78 is 40.0. The highest BCUT2D eigenvalue weighted by Gasteiger charge is 2.16. The van der Waals surface area contributed by atoms with Crippen LogP contribution in [0.1, 0.15) is 11.4 Å². The summed E-state index contributed by atoms with van der Waals surface area (Å²) in [6, 6.07) is 18.3. The maximum absolute atomic E-state index is 12.2. The van der Waals surface area contributed by atoms with Crippen molar-refractivity contribution in [1.29, 1.82) is 0 Å². The Balaban J connectivity index is 1.41. The Labute approximate surface area is 191 Å². The van der Waals surface area contributed by atoms with Crippen molar-refractivity contribution < 1.29 is 17.9 Å². The van der Waals surface area contributed by atoms with Gasteiger partial charge in [0, 0.05) is 25.1 Å². The van der Waals surface area contributed by atoms with Crippen LogP contribution in [0.2, 0.25) is 0 Å². The highest BCUT2D eigenvalue weighted by molar-refractivity contribution is 7.89. The van der Waals surface area contributed by atoms with Gasteiger partial charge in [-0.25, -0.2) is 22.6 Å². The van der Waals surface area contributed by atoms with E-state index in [1.165, 1.54) is 0 Å². The van der Waals surface area contributed by atoms with E-state index in [1.807, 2.05) is 36.4 Å². The van der Waals surface area contributed by atoms with E-state index in [0.717, 1.165) is 28.2 Å². The van der Waals surface area contributed by atoms with E-state index >= 15 is 0 Å². The Morgan fingerprint density at radius 3 is 2.58 bits per heavy atom. The molecular formula is C23H23N5O4S. The fourth-order valence-electron chi connectivity index (χ4n) is 3.69. The third-order valence-electron chi connectivity index (χ3n) is 5.27. The summed E-state index contributed by atoms with van der Waals surface area (Å²) in [7, 11) is -3.56. The zero-order chi connectivity index (χ0) is 22.8. The number of benzene rings is 2. The molecule has 0 spiro atoms. The summed E-state index contributed by atoms with van der Waals surface area (Å²) in [5, 5.41) is 4.70. The minimum Gasteiger partial charge on any atom is -0.486 e. The first kappa shape index (κ1) is 21.4. The molecule has 2 aromatic heterocycles. The average Bonchev–Trinajstić information content (AvgIpc) is 3.25. The lowest BCUT2D eigenvalue weighted by molar-refractivity contribution is 0.171. The number of ether oxygens (including phenoxy) is 2. The molecule has 170 valence electrons. The molecule has 1 aliphatic rings. The van der Waals surface area contributed by atoms with Crippen LogP contribution in [-0.2, 0) is 16.4 Å². The van der Waals surface area contributed by atoms with E-state index in [-0.39, 0.29) is 18.0 Å². The molecule has 0 amide bonds.